The molecule has 9 nitrogen and oxygen atoms in total. The first kappa shape index (κ1) is 29.1. The van der Waals surface area contributed by atoms with E-state index in [2.05, 4.69) is 5.32 Å². The quantitative estimate of drug-likeness (QED) is 0.583. The zero-order chi connectivity index (χ0) is 29.6. The molecule has 1 aliphatic heterocycles. The molecule has 5 atom stereocenters. The molecule has 2 aromatic rings. The topological polar surface area (TPSA) is 124 Å². The van der Waals surface area contributed by atoms with Gasteiger partial charge in [-0.05, 0) is 36.2 Å². The van der Waals surface area contributed by atoms with Gasteiger partial charge in [0.2, 0.25) is 11.8 Å². The van der Waals surface area contributed by atoms with Crippen molar-refractivity contribution in [3.05, 3.63) is 46.2 Å². The number of hydrogen-bond acceptors (Lipinski definition) is 5. The van der Waals surface area contributed by atoms with Crippen molar-refractivity contribution in [1.29, 1.82) is 5.26 Å². The summed E-state index contributed by atoms with van der Waals surface area (Å²) in [6.07, 6.45) is -2.98. The number of aromatic nitrogens is 1. The Labute approximate surface area is 229 Å². The second-order valence-electron chi connectivity index (χ2n) is 11.6. The van der Waals surface area contributed by atoms with Gasteiger partial charge in [0, 0.05) is 30.6 Å². The SMILES string of the molecule is Cn1c(=O)cc(C(C#N)NC(=O)[C@@H]2[C@H]3CCC[C@H]3CN2C(=O)[C@@H](NC(=O)C(F)(F)F)C(C)(C)C)c2ccccc21. The van der Waals surface area contributed by atoms with E-state index in [1.807, 2.05) is 11.4 Å². The first-order chi connectivity index (χ1) is 18.6. The van der Waals surface area contributed by atoms with E-state index in [0.29, 0.717) is 22.9 Å². The maximum Gasteiger partial charge on any atom is 0.471 e. The summed E-state index contributed by atoms with van der Waals surface area (Å²) in [5, 5.41) is 15.1. The largest absolute Gasteiger partial charge is 0.471 e. The van der Waals surface area contributed by atoms with Gasteiger partial charge in [-0.15, -0.1) is 0 Å². The number of pyridine rings is 1. The number of rotatable bonds is 5. The van der Waals surface area contributed by atoms with Crippen LogP contribution in [0.5, 0.6) is 0 Å². The summed E-state index contributed by atoms with van der Waals surface area (Å²) in [5.74, 6) is -3.93. The van der Waals surface area contributed by atoms with Crippen molar-refractivity contribution in [2.24, 2.45) is 24.3 Å². The van der Waals surface area contributed by atoms with Crippen molar-refractivity contribution in [1.82, 2.24) is 20.1 Å². The molecule has 1 aromatic heterocycles. The molecule has 0 bridgehead atoms. The molecule has 4 rings (SSSR count). The van der Waals surface area contributed by atoms with Gasteiger partial charge >= 0.3 is 12.1 Å². The molecule has 1 unspecified atom stereocenters. The molecule has 0 spiro atoms. The second kappa shape index (κ2) is 10.6. The number of alkyl halides is 3. The number of nitriles is 1. The number of amides is 3. The molecule has 2 heterocycles. The van der Waals surface area contributed by atoms with E-state index in [1.54, 1.807) is 31.3 Å². The molecule has 1 aromatic carbocycles. The number of aryl methyl sites for hydroxylation is 1. The highest BCUT2D eigenvalue weighted by Crippen LogP contribution is 2.43. The van der Waals surface area contributed by atoms with Crippen LogP contribution in [0.2, 0.25) is 0 Å². The van der Waals surface area contributed by atoms with Crippen LogP contribution in [-0.4, -0.2) is 52.0 Å². The van der Waals surface area contributed by atoms with Crippen LogP contribution in [0.4, 0.5) is 13.2 Å². The molecule has 0 radical (unpaired) electrons. The summed E-state index contributed by atoms with van der Waals surface area (Å²) in [6, 6.07) is 6.48. The van der Waals surface area contributed by atoms with Gasteiger partial charge in [0.1, 0.15) is 18.1 Å². The predicted molar refractivity (Wildman–Crippen MR) is 139 cm³/mol. The van der Waals surface area contributed by atoms with E-state index in [1.165, 1.54) is 36.3 Å². The third kappa shape index (κ3) is 5.42. The van der Waals surface area contributed by atoms with E-state index in [0.717, 1.165) is 12.8 Å². The van der Waals surface area contributed by atoms with Crippen LogP contribution in [0, 0.1) is 28.6 Å². The van der Waals surface area contributed by atoms with Gasteiger partial charge in [0.25, 0.3) is 5.56 Å². The Balaban J connectivity index is 1.67. The maximum atomic E-state index is 13.8. The van der Waals surface area contributed by atoms with E-state index in [-0.39, 0.29) is 23.9 Å². The minimum Gasteiger partial charge on any atom is -0.336 e. The Morgan fingerprint density at radius 2 is 1.77 bits per heavy atom. The summed E-state index contributed by atoms with van der Waals surface area (Å²) in [6.45, 7) is 4.75. The number of para-hydroxylation sites is 1. The summed E-state index contributed by atoms with van der Waals surface area (Å²) in [4.78, 5) is 53.2. The standard InChI is InChI=1S/C28H32F3N5O4/c1-27(2,3)23(34-26(40)28(29,30)31)25(39)36-14-15-8-7-10-16(15)22(36)24(38)33-19(13-32)18-12-21(37)35(4)20-11-6-5-9-17(18)20/h5-6,9,11-12,15-16,19,22-23H,7-8,10,14H2,1-4H3,(H,33,38)(H,34,40)/t15-,16-,19?,22-,23+/m0/s1. The highest BCUT2D eigenvalue weighted by Gasteiger charge is 2.53. The van der Waals surface area contributed by atoms with Crippen molar-refractivity contribution < 1.29 is 27.6 Å². The maximum absolute atomic E-state index is 13.8. The normalized spacial score (nSPS) is 22.4. The van der Waals surface area contributed by atoms with Crippen molar-refractivity contribution >= 4 is 28.6 Å². The lowest BCUT2D eigenvalue weighted by molar-refractivity contribution is -0.176. The highest BCUT2D eigenvalue weighted by molar-refractivity contribution is 5.95. The second-order valence-corrected chi connectivity index (χ2v) is 11.6. The average molecular weight is 560 g/mol. The van der Waals surface area contributed by atoms with Gasteiger partial charge in [0.15, 0.2) is 0 Å². The first-order valence-corrected chi connectivity index (χ1v) is 13.1. The lowest BCUT2D eigenvalue weighted by atomic mass is 9.85. The Morgan fingerprint density at radius 3 is 2.40 bits per heavy atom. The van der Waals surface area contributed by atoms with Crippen molar-refractivity contribution in [2.45, 2.75) is 64.3 Å². The molecule has 12 heteroatoms. The van der Waals surface area contributed by atoms with Gasteiger partial charge in [0.05, 0.1) is 11.6 Å². The van der Waals surface area contributed by atoms with Crippen LogP contribution >= 0.6 is 0 Å². The Bertz CT molecular complexity index is 1440. The van der Waals surface area contributed by atoms with Gasteiger partial charge in [-0.25, -0.2) is 0 Å². The fraction of sp³-hybridized carbons (Fsp3) is 0.536. The number of benzene rings is 1. The molecule has 40 heavy (non-hydrogen) atoms. The van der Waals surface area contributed by atoms with Gasteiger partial charge in [-0.2, -0.15) is 18.4 Å². The molecule has 2 aliphatic rings. The molecule has 2 N–H and O–H groups in total. The van der Waals surface area contributed by atoms with Crippen molar-refractivity contribution in [2.75, 3.05) is 6.54 Å². The molecular formula is C28H32F3N5O4. The Morgan fingerprint density at radius 1 is 1.10 bits per heavy atom. The molecule has 1 saturated carbocycles. The molecule has 214 valence electrons. The molecule has 1 aliphatic carbocycles. The first-order valence-electron chi connectivity index (χ1n) is 13.1. The number of fused-ring (bicyclic) bond motifs is 2. The van der Waals surface area contributed by atoms with Crippen LogP contribution in [0.3, 0.4) is 0 Å². The number of nitrogens with one attached hydrogen (secondary N) is 2. The van der Waals surface area contributed by atoms with E-state index >= 15 is 0 Å². The summed E-state index contributed by atoms with van der Waals surface area (Å²) in [5.41, 5.74) is -0.584. The van der Waals surface area contributed by atoms with Gasteiger partial charge in [-0.3, -0.25) is 19.2 Å². The molecular weight excluding hydrogens is 527 g/mol. The fourth-order valence-corrected chi connectivity index (χ4v) is 5.98. The van der Waals surface area contributed by atoms with Crippen molar-refractivity contribution in [3.63, 3.8) is 0 Å². The third-order valence-corrected chi connectivity index (χ3v) is 8.00. The number of halogens is 3. The molecule has 2 fully saturated rings. The number of likely N-dealkylation sites (tertiary alicyclic amines) is 1. The highest BCUT2D eigenvalue weighted by atomic mass is 19.4. The van der Waals surface area contributed by atoms with E-state index < -0.39 is 47.4 Å². The smallest absolute Gasteiger partial charge is 0.336 e. The van der Waals surface area contributed by atoms with Crippen LogP contribution in [-0.2, 0) is 21.4 Å². The minimum absolute atomic E-state index is 0.0379. The van der Waals surface area contributed by atoms with Crippen LogP contribution in [0.25, 0.3) is 10.9 Å². The van der Waals surface area contributed by atoms with Gasteiger partial charge < -0.3 is 20.1 Å². The monoisotopic (exact) mass is 559 g/mol. The summed E-state index contributed by atoms with van der Waals surface area (Å²) < 4.78 is 40.7. The third-order valence-electron chi connectivity index (χ3n) is 8.00. The Hall–Kier alpha value is -3.88. The average Bonchev–Trinajstić information content (AvgIpc) is 3.47. The zero-order valence-corrected chi connectivity index (χ0v) is 22.7. The Kier molecular flexibility index (Phi) is 7.71. The van der Waals surface area contributed by atoms with E-state index in [4.69, 9.17) is 0 Å². The van der Waals surface area contributed by atoms with Crippen molar-refractivity contribution in [3.8, 4) is 6.07 Å². The van der Waals surface area contributed by atoms with Gasteiger partial charge in [-0.1, -0.05) is 45.4 Å². The predicted octanol–water partition coefficient (Wildman–Crippen LogP) is 2.94. The summed E-state index contributed by atoms with van der Waals surface area (Å²) >= 11 is 0. The van der Waals surface area contributed by atoms with Crippen LogP contribution in [0.15, 0.2) is 35.1 Å². The number of nitrogens with zero attached hydrogens (tertiary/aromatic N) is 3. The fourth-order valence-electron chi connectivity index (χ4n) is 5.98. The minimum atomic E-state index is -5.18. The zero-order valence-electron chi connectivity index (χ0n) is 22.7. The number of carbonyl (C=O) groups excluding carboxylic acids is 3. The van der Waals surface area contributed by atoms with Crippen LogP contribution < -0.4 is 16.2 Å². The number of hydrogen-bond donors (Lipinski definition) is 2. The lowest BCUT2D eigenvalue weighted by Gasteiger charge is -2.36. The van der Waals surface area contributed by atoms with E-state index in [9.17, 15) is 37.6 Å². The van der Waals surface area contributed by atoms with Crippen LogP contribution in [0.1, 0.15) is 51.6 Å². The molecule has 3 amide bonds. The summed E-state index contributed by atoms with van der Waals surface area (Å²) in [7, 11) is 1.60. The lowest BCUT2D eigenvalue weighted by Crippen LogP contribution is -2.60. The number of carbonyl (C=O) groups is 3. The molecule has 1 saturated heterocycles.